The van der Waals surface area contributed by atoms with Crippen LogP contribution in [-0.4, -0.2) is 11.1 Å². The van der Waals surface area contributed by atoms with Crippen molar-refractivity contribution in [1.82, 2.24) is 0 Å². The quantitative estimate of drug-likeness (QED) is 0.612. The van der Waals surface area contributed by atoms with Gasteiger partial charge >= 0.3 is 5.97 Å². The Bertz CT molecular complexity index is 523. The summed E-state index contributed by atoms with van der Waals surface area (Å²) in [6, 6.07) is 10.6. The van der Waals surface area contributed by atoms with Gasteiger partial charge in [0.05, 0.1) is 0 Å². The molecular weight excluding hydrogens is 206 g/mol. The van der Waals surface area contributed by atoms with Gasteiger partial charge in [-0.25, -0.2) is 4.79 Å². The SMILES string of the molecule is O=C(O)c1cc(-c2ccccc2)c[n+]([O-])c1. The van der Waals surface area contributed by atoms with Gasteiger partial charge < -0.3 is 10.3 Å². The second-order valence-electron chi connectivity index (χ2n) is 3.34. The van der Waals surface area contributed by atoms with Crippen LogP contribution in [0, 0.1) is 5.21 Å². The molecule has 1 aromatic heterocycles. The normalized spacial score (nSPS) is 10.0. The summed E-state index contributed by atoms with van der Waals surface area (Å²) < 4.78 is 0.506. The molecule has 0 aliphatic carbocycles. The summed E-state index contributed by atoms with van der Waals surface area (Å²) in [4.78, 5) is 10.8. The molecule has 16 heavy (non-hydrogen) atoms. The molecule has 0 bridgehead atoms. The molecule has 0 fully saturated rings. The Morgan fingerprint density at radius 1 is 1.12 bits per heavy atom. The molecule has 0 saturated carbocycles. The summed E-state index contributed by atoms with van der Waals surface area (Å²) >= 11 is 0. The first-order valence-electron chi connectivity index (χ1n) is 4.69. The van der Waals surface area contributed by atoms with Gasteiger partial charge in [-0.05, 0) is 11.6 Å². The van der Waals surface area contributed by atoms with E-state index in [1.807, 2.05) is 30.3 Å². The second-order valence-corrected chi connectivity index (χ2v) is 3.34. The first kappa shape index (κ1) is 10.2. The summed E-state index contributed by atoms with van der Waals surface area (Å²) in [5.74, 6) is -1.11. The summed E-state index contributed by atoms with van der Waals surface area (Å²) in [5, 5.41) is 20.1. The Morgan fingerprint density at radius 3 is 2.44 bits per heavy atom. The lowest BCUT2D eigenvalue weighted by Crippen LogP contribution is -2.26. The van der Waals surface area contributed by atoms with Crippen LogP contribution in [0.5, 0.6) is 0 Å². The van der Waals surface area contributed by atoms with Crippen LogP contribution in [0.1, 0.15) is 10.4 Å². The monoisotopic (exact) mass is 215 g/mol. The number of aromatic carboxylic acids is 1. The van der Waals surface area contributed by atoms with Gasteiger partial charge in [0.1, 0.15) is 5.56 Å². The first-order valence-corrected chi connectivity index (χ1v) is 4.69. The fourth-order valence-electron chi connectivity index (χ4n) is 1.46. The summed E-state index contributed by atoms with van der Waals surface area (Å²) in [6.45, 7) is 0. The Balaban J connectivity index is 2.54. The largest absolute Gasteiger partial charge is 0.619 e. The van der Waals surface area contributed by atoms with E-state index in [1.165, 1.54) is 12.3 Å². The number of aromatic nitrogens is 1. The highest BCUT2D eigenvalue weighted by atomic mass is 16.5. The molecule has 1 heterocycles. The molecular formula is C12H9NO3. The van der Waals surface area contributed by atoms with Crippen LogP contribution < -0.4 is 4.73 Å². The van der Waals surface area contributed by atoms with E-state index in [2.05, 4.69) is 0 Å². The van der Waals surface area contributed by atoms with Crippen molar-refractivity contribution in [2.24, 2.45) is 0 Å². The zero-order valence-electron chi connectivity index (χ0n) is 8.33. The van der Waals surface area contributed by atoms with Gasteiger partial charge in [-0.2, -0.15) is 4.73 Å². The number of pyridine rings is 1. The number of carboxylic acids is 1. The van der Waals surface area contributed by atoms with Crippen molar-refractivity contribution in [1.29, 1.82) is 0 Å². The van der Waals surface area contributed by atoms with Crippen LogP contribution in [-0.2, 0) is 0 Å². The van der Waals surface area contributed by atoms with Crippen LogP contribution in [0.15, 0.2) is 48.8 Å². The van der Waals surface area contributed by atoms with Gasteiger partial charge in [0, 0.05) is 5.56 Å². The molecule has 0 saturated heterocycles. The topological polar surface area (TPSA) is 64.2 Å². The van der Waals surface area contributed by atoms with Crippen LogP contribution >= 0.6 is 0 Å². The zero-order valence-corrected chi connectivity index (χ0v) is 8.33. The van der Waals surface area contributed by atoms with E-state index >= 15 is 0 Å². The Hall–Kier alpha value is -2.36. The Kier molecular flexibility index (Phi) is 2.55. The zero-order chi connectivity index (χ0) is 11.5. The maximum atomic E-state index is 11.2. The third-order valence-electron chi connectivity index (χ3n) is 2.20. The Labute approximate surface area is 92.0 Å². The van der Waals surface area contributed by atoms with Gasteiger partial charge in [0.25, 0.3) is 0 Å². The minimum absolute atomic E-state index is 0.0173. The van der Waals surface area contributed by atoms with E-state index in [9.17, 15) is 10.0 Å². The minimum Gasteiger partial charge on any atom is -0.619 e. The smallest absolute Gasteiger partial charge is 0.341 e. The number of carboxylic acid groups (broad SMARTS) is 1. The van der Waals surface area contributed by atoms with Gasteiger partial charge in [0.2, 0.25) is 0 Å². The standard InChI is InChI=1S/C12H9NO3/c14-12(15)11-6-10(7-13(16)8-11)9-4-2-1-3-5-9/h1-8H,(H,14,15). The third kappa shape index (κ3) is 2.00. The average molecular weight is 215 g/mol. The van der Waals surface area contributed by atoms with Crippen molar-refractivity contribution >= 4 is 5.97 Å². The number of carbonyl (C=O) groups is 1. The van der Waals surface area contributed by atoms with E-state index in [1.54, 1.807) is 0 Å². The summed E-state index contributed by atoms with van der Waals surface area (Å²) in [5.41, 5.74) is 1.39. The molecule has 4 nitrogen and oxygen atoms in total. The van der Waals surface area contributed by atoms with Crippen molar-refractivity contribution in [2.75, 3.05) is 0 Å². The number of nitrogens with zero attached hydrogens (tertiary/aromatic N) is 1. The van der Waals surface area contributed by atoms with Gasteiger partial charge in [-0.15, -0.1) is 0 Å². The van der Waals surface area contributed by atoms with E-state index in [4.69, 9.17) is 5.11 Å². The van der Waals surface area contributed by atoms with Crippen LogP contribution in [0.2, 0.25) is 0 Å². The molecule has 2 rings (SSSR count). The predicted molar refractivity (Wildman–Crippen MR) is 57.8 cm³/mol. The molecule has 1 aromatic carbocycles. The van der Waals surface area contributed by atoms with Crippen molar-refractivity contribution in [2.45, 2.75) is 0 Å². The first-order chi connectivity index (χ1) is 7.66. The van der Waals surface area contributed by atoms with E-state index in [0.717, 1.165) is 11.8 Å². The summed E-state index contributed by atoms with van der Waals surface area (Å²) in [7, 11) is 0. The van der Waals surface area contributed by atoms with Crippen LogP contribution in [0.4, 0.5) is 0 Å². The molecule has 0 unspecified atom stereocenters. The van der Waals surface area contributed by atoms with E-state index < -0.39 is 5.97 Å². The van der Waals surface area contributed by atoms with E-state index in [-0.39, 0.29) is 5.56 Å². The number of hydrogen-bond donors (Lipinski definition) is 1. The lowest BCUT2D eigenvalue weighted by Gasteiger charge is -2.03. The molecule has 0 aliphatic heterocycles. The van der Waals surface area contributed by atoms with Crippen LogP contribution in [0.3, 0.4) is 0 Å². The molecule has 0 amide bonds. The van der Waals surface area contributed by atoms with Crippen molar-refractivity contribution in [3.05, 3.63) is 59.6 Å². The highest BCUT2D eigenvalue weighted by Gasteiger charge is 2.10. The molecule has 80 valence electrons. The highest BCUT2D eigenvalue weighted by Crippen LogP contribution is 2.17. The van der Waals surface area contributed by atoms with Gasteiger partial charge in [0.15, 0.2) is 12.4 Å². The van der Waals surface area contributed by atoms with Gasteiger partial charge in [-0.3, -0.25) is 0 Å². The molecule has 0 spiro atoms. The lowest BCUT2D eigenvalue weighted by molar-refractivity contribution is -0.605. The molecule has 0 atom stereocenters. The van der Waals surface area contributed by atoms with E-state index in [0.29, 0.717) is 10.3 Å². The average Bonchev–Trinajstić information content (AvgIpc) is 2.29. The van der Waals surface area contributed by atoms with Crippen molar-refractivity contribution in [3.8, 4) is 11.1 Å². The summed E-state index contributed by atoms with van der Waals surface area (Å²) in [6.07, 6.45) is 2.39. The molecule has 2 aromatic rings. The Morgan fingerprint density at radius 2 is 1.81 bits per heavy atom. The van der Waals surface area contributed by atoms with Crippen LogP contribution in [0.25, 0.3) is 11.1 Å². The lowest BCUT2D eigenvalue weighted by atomic mass is 10.1. The number of hydrogen-bond acceptors (Lipinski definition) is 2. The molecule has 0 radical (unpaired) electrons. The van der Waals surface area contributed by atoms with Crippen molar-refractivity contribution < 1.29 is 14.6 Å². The molecule has 0 aliphatic rings. The van der Waals surface area contributed by atoms with Crippen molar-refractivity contribution in [3.63, 3.8) is 0 Å². The van der Waals surface area contributed by atoms with Gasteiger partial charge in [-0.1, -0.05) is 30.3 Å². The molecule has 1 N–H and O–H groups in total. The number of benzene rings is 1. The third-order valence-corrected chi connectivity index (χ3v) is 2.20. The highest BCUT2D eigenvalue weighted by molar-refractivity contribution is 5.88. The minimum atomic E-state index is -1.11. The number of rotatable bonds is 2. The maximum absolute atomic E-state index is 11.2. The second kappa shape index (κ2) is 4.02. The fourth-order valence-corrected chi connectivity index (χ4v) is 1.46. The fraction of sp³-hybridized carbons (Fsp3) is 0. The maximum Gasteiger partial charge on any atom is 0.341 e. The molecule has 4 heteroatoms. The predicted octanol–water partition coefficient (Wildman–Crippen LogP) is 1.69.